The predicted octanol–water partition coefficient (Wildman–Crippen LogP) is 3.95. The van der Waals surface area contributed by atoms with Crippen LogP contribution in [-0.4, -0.2) is 32.6 Å². The molecule has 1 aliphatic rings. The maximum atomic E-state index is 12.7. The van der Waals surface area contributed by atoms with E-state index in [1.54, 1.807) is 42.5 Å². The number of rotatable bonds is 5. The lowest BCUT2D eigenvalue weighted by atomic mass is 10.0. The number of methoxy groups -OCH3 is 1. The van der Waals surface area contributed by atoms with E-state index in [9.17, 15) is 23.3 Å². The highest BCUT2D eigenvalue weighted by atomic mass is 32.2. The Bertz CT molecular complexity index is 1370. The number of nitro groups is 1. The van der Waals surface area contributed by atoms with Crippen LogP contribution >= 0.6 is 0 Å². The van der Waals surface area contributed by atoms with Crippen molar-refractivity contribution in [3.8, 4) is 16.9 Å². The first-order chi connectivity index (χ1) is 15.1. The van der Waals surface area contributed by atoms with E-state index in [-0.39, 0.29) is 17.3 Å². The molecule has 0 radical (unpaired) electrons. The lowest BCUT2D eigenvalue weighted by Gasteiger charge is -2.12. The SMILES string of the molecule is COc1cc(-c2ccc3c(c2)Nc2ccc(NS(C)(=O)=O)cc2NC3=O)ccc1[N+](=O)[O-]. The summed E-state index contributed by atoms with van der Waals surface area (Å²) in [5.41, 5.74) is 3.48. The third-order valence-corrected chi connectivity index (χ3v) is 5.42. The number of sulfonamides is 1. The lowest BCUT2D eigenvalue weighted by Crippen LogP contribution is -2.12. The number of carbonyl (C=O) groups is 1. The normalized spacial score (nSPS) is 12.5. The minimum atomic E-state index is -3.47. The quantitative estimate of drug-likeness (QED) is 0.392. The number of anilines is 4. The Balaban J connectivity index is 1.73. The summed E-state index contributed by atoms with van der Waals surface area (Å²) in [4.78, 5) is 23.4. The highest BCUT2D eigenvalue weighted by Crippen LogP contribution is 2.37. The van der Waals surface area contributed by atoms with Gasteiger partial charge in [0.25, 0.3) is 5.91 Å². The second-order valence-electron chi connectivity index (χ2n) is 7.12. The minimum absolute atomic E-state index is 0.129. The van der Waals surface area contributed by atoms with E-state index in [2.05, 4.69) is 15.4 Å². The summed E-state index contributed by atoms with van der Waals surface area (Å²) in [6.07, 6.45) is 1.04. The Kier molecular flexibility index (Phi) is 5.18. The molecule has 0 fully saturated rings. The zero-order valence-corrected chi connectivity index (χ0v) is 17.8. The molecule has 3 aromatic carbocycles. The average molecular weight is 454 g/mol. The number of ether oxygens (including phenoxy) is 1. The van der Waals surface area contributed by atoms with Crippen LogP contribution in [0.5, 0.6) is 5.75 Å². The molecule has 1 heterocycles. The van der Waals surface area contributed by atoms with Crippen molar-refractivity contribution >= 4 is 44.4 Å². The van der Waals surface area contributed by atoms with Crippen LogP contribution in [0.25, 0.3) is 11.1 Å². The number of hydrogen-bond donors (Lipinski definition) is 3. The molecule has 0 saturated heterocycles. The first kappa shape index (κ1) is 21.1. The fraction of sp³-hybridized carbons (Fsp3) is 0.0952. The van der Waals surface area contributed by atoms with E-state index in [1.165, 1.54) is 19.2 Å². The predicted molar refractivity (Wildman–Crippen MR) is 121 cm³/mol. The van der Waals surface area contributed by atoms with Crippen LogP contribution in [0.3, 0.4) is 0 Å². The highest BCUT2D eigenvalue weighted by Gasteiger charge is 2.21. The van der Waals surface area contributed by atoms with Gasteiger partial charge in [0.2, 0.25) is 10.0 Å². The van der Waals surface area contributed by atoms with Crippen molar-refractivity contribution in [2.45, 2.75) is 0 Å². The molecule has 0 unspecified atom stereocenters. The highest BCUT2D eigenvalue weighted by molar-refractivity contribution is 7.92. The van der Waals surface area contributed by atoms with Crippen molar-refractivity contribution in [1.29, 1.82) is 0 Å². The molecular formula is C21H18N4O6S. The fourth-order valence-corrected chi connectivity index (χ4v) is 3.96. The van der Waals surface area contributed by atoms with Gasteiger partial charge in [-0.3, -0.25) is 19.6 Å². The molecule has 0 aliphatic carbocycles. The molecule has 4 rings (SSSR count). The van der Waals surface area contributed by atoms with Crippen LogP contribution in [0.2, 0.25) is 0 Å². The molecule has 1 amide bonds. The van der Waals surface area contributed by atoms with Crippen LogP contribution < -0.4 is 20.1 Å². The first-order valence-corrected chi connectivity index (χ1v) is 11.2. The molecule has 164 valence electrons. The number of benzene rings is 3. The Morgan fingerprint density at radius 1 is 0.938 bits per heavy atom. The Morgan fingerprint density at radius 2 is 1.66 bits per heavy atom. The number of hydrogen-bond acceptors (Lipinski definition) is 7. The average Bonchev–Trinajstić information content (AvgIpc) is 2.87. The van der Waals surface area contributed by atoms with Gasteiger partial charge in [0, 0.05) is 6.07 Å². The van der Waals surface area contributed by atoms with Crippen molar-refractivity contribution < 1.29 is 22.9 Å². The van der Waals surface area contributed by atoms with Gasteiger partial charge in [-0.1, -0.05) is 6.07 Å². The third-order valence-electron chi connectivity index (χ3n) is 4.81. The number of nitro benzene ring substituents is 1. The van der Waals surface area contributed by atoms with Crippen LogP contribution in [-0.2, 0) is 10.0 Å². The van der Waals surface area contributed by atoms with Gasteiger partial charge in [0.05, 0.1) is 46.6 Å². The molecule has 11 heteroatoms. The summed E-state index contributed by atoms with van der Waals surface area (Å²) in [5, 5.41) is 17.1. The van der Waals surface area contributed by atoms with Crippen LogP contribution in [0.15, 0.2) is 54.6 Å². The smallest absolute Gasteiger partial charge is 0.310 e. The van der Waals surface area contributed by atoms with Crippen molar-refractivity contribution in [1.82, 2.24) is 0 Å². The zero-order chi connectivity index (χ0) is 23.0. The topological polar surface area (TPSA) is 140 Å². The second-order valence-corrected chi connectivity index (χ2v) is 8.87. The van der Waals surface area contributed by atoms with Gasteiger partial charge in [-0.2, -0.15) is 0 Å². The van der Waals surface area contributed by atoms with E-state index in [1.807, 2.05) is 0 Å². The molecule has 3 N–H and O–H groups in total. The van der Waals surface area contributed by atoms with Crippen molar-refractivity contribution in [2.75, 3.05) is 28.7 Å². The second kappa shape index (κ2) is 7.85. The van der Waals surface area contributed by atoms with Gasteiger partial charge < -0.3 is 15.4 Å². The summed E-state index contributed by atoms with van der Waals surface area (Å²) in [6, 6.07) is 14.4. The number of carbonyl (C=O) groups excluding carboxylic acids is 1. The molecule has 10 nitrogen and oxygen atoms in total. The van der Waals surface area contributed by atoms with Gasteiger partial charge in [-0.15, -0.1) is 0 Å². The van der Waals surface area contributed by atoms with E-state index in [4.69, 9.17) is 4.74 Å². The number of fused-ring (bicyclic) bond motifs is 2. The molecular weight excluding hydrogens is 436 g/mol. The van der Waals surface area contributed by atoms with Crippen LogP contribution in [0.1, 0.15) is 10.4 Å². The lowest BCUT2D eigenvalue weighted by molar-refractivity contribution is -0.385. The molecule has 0 aromatic heterocycles. The van der Waals surface area contributed by atoms with E-state index in [0.717, 1.165) is 11.8 Å². The third kappa shape index (κ3) is 4.18. The molecule has 0 atom stereocenters. The van der Waals surface area contributed by atoms with Crippen molar-refractivity contribution in [3.63, 3.8) is 0 Å². The maximum Gasteiger partial charge on any atom is 0.310 e. The van der Waals surface area contributed by atoms with E-state index in [0.29, 0.717) is 33.9 Å². The minimum Gasteiger partial charge on any atom is -0.490 e. The van der Waals surface area contributed by atoms with Crippen molar-refractivity contribution in [2.24, 2.45) is 0 Å². The van der Waals surface area contributed by atoms with Crippen LogP contribution in [0, 0.1) is 10.1 Å². The van der Waals surface area contributed by atoms with E-state index < -0.39 is 14.9 Å². The molecule has 3 aromatic rings. The Labute approximate surface area is 183 Å². The zero-order valence-electron chi connectivity index (χ0n) is 17.0. The summed E-state index contributed by atoms with van der Waals surface area (Å²) in [5.74, 6) is -0.236. The summed E-state index contributed by atoms with van der Waals surface area (Å²) in [6.45, 7) is 0. The van der Waals surface area contributed by atoms with Gasteiger partial charge in [0.1, 0.15) is 0 Å². The van der Waals surface area contributed by atoms with Gasteiger partial charge in [-0.05, 0) is 53.6 Å². The first-order valence-electron chi connectivity index (χ1n) is 9.32. The fourth-order valence-electron chi connectivity index (χ4n) is 3.40. The number of nitrogens with one attached hydrogen (secondary N) is 3. The molecule has 1 aliphatic heterocycles. The number of amides is 1. The summed E-state index contributed by atoms with van der Waals surface area (Å²) >= 11 is 0. The monoisotopic (exact) mass is 454 g/mol. The largest absolute Gasteiger partial charge is 0.490 e. The molecule has 0 saturated carbocycles. The Hall–Kier alpha value is -4.12. The van der Waals surface area contributed by atoms with Gasteiger partial charge in [0.15, 0.2) is 5.75 Å². The summed E-state index contributed by atoms with van der Waals surface area (Å²) < 4.78 is 30.5. The molecule has 0 bridgehead atoms. The summed E-state index contributed by atoms with van der Waals surface area (Å²) in [7, 11) is -2.11. The van der Waals surface area contributed by atoms with Gasteiger partial charge in [-0.25, -0.2) is 8.42 Å². The molecule has 32 heavy (non-hydrogen) atoms. The van der Waals surface area contributed by atoms with Crippen molar-refractivity contribution in [3.05, 3.63) is 70.3 Å². The van der Waals surface area contributed by atoms with Gasteiger partial charge >= 0.3 is 5.69 Å². The number of nitrogens with zero attached hydrogens (tertiary/aromatic N) is 1. The van der Waals surface area contributed by atoms with E-state index >= 15 is 0 Å². The Morgan fingerprint density at radius 3 is 2.34 bits per heavy atom. The standard InChI is InChI=1S/C21H18N4O6S/c1-31-20-10-13(4-8-19(20)25(27)28)12-3-6-15-17(9-12)22-16-7-5-14(24-32(2,29)30)11-18(16)23-21(15)26/h3-11,22,24H,1-2H3,(H,23,26). The van der Waals surface area contributed by atoms with Crippen LogP contribution in [0.4, 0.5) is 28.4 Å². The molecule has 0 spiro atoms. The maximum absolute atomic E-state index is 12.7.